The highest BCUT2D eigenvalue weighted by atomic mass is 35.5. The smallest absolute Gasteiger partial charge is 0.0931 e. The van der Waals surface area contributed by atoms with Crippen LogP contribution in [0.1, 0.15) is 29.3 Å². The number of benzene rings is 1. The number of nitrogens with zero attached hydrogens (tertiary/aromatic N) is 1. The topological polar surface area (TPSA) is 35.8 Å². The van der Waals surface area contributed by atoms with Crippen LogP contribution in [0.15, 0.2) is 42.5 Å². The minimum Gasteiger partial charge on any atom is -0.308 e. The number of nitriles is 1. The SMILES string of the molecule is CC(NCC(C#N)c1ccccc1)c1ccc(Cl)s1. The van der Waals surface area contributed by atoms with Crippen molar-refractivity contribution in [3.05, 3.63) is 57.2 Å². The molecule has 0 aliphatic carbocycles. The molecule has 0 amide bonds. The van der Waals surface area contributed by atoms with Crippen molar-refractivity contribution in [2.45, 2.75) is 18.9 Å². The molecule has 0 spiro atoms. The van der Waals surface area contributed by atoms with Gasteiger partial charge in [-0.3, -0.25) is 0 Å². The summed E-state index contributed by atoms with van der Waals surface area (Å²) < 4.78 is 0.795. The molecule has 0 radical (unpaired) electrons. The molecule has 0 saturated heterocycles. The lowest BCUT2D eigenvalue weighted by Gasteiger charge is -2.15. The number of halogens is 1. The van der Waals surface area contributed by atoms with Crippen LogP contribution in [-0.2, 0) is 0 Å². The Morgan fingerprint density at radius 1 is 1.26 bits per heavy atom. The maximum Gasteiger partial charge on any atom is 0.0931 e. The van der Waals surface area contributed by atoms with Crippen molar-refractivity contribution in [2.75, 3.05) is 6.54 Å². The van der Waals surface area contributed by atoms with Crippen LogP contribution in [0.2, 0.25) is 4.34 Å². The highest BCUT2D eigenvalue weighted by molar-refractivity contribution is 7.16. The third kappa shape index (κ3) is 3.81. The van der Waals surface area contributed by atoms with Gasteiger partial charge in [0.1, 0.15) is 0 Å². The minimum atomic E-state index is -0.126. The van der Waals surface area contributed by atoms with E-state index in [1.165, 1.54) is 4.88 Å². The van der Waals surface area contributed by atoms with Gasteiger partial charge in [-0.05, 0) is 24.6 Å². The van der Waals surface area contributed by atoms with E-state index in [0.717, 1.165) is 9.90 Å². The van der Waals surface area contributed by atoms with Crippen molar-refractivity contribution in [1.29, 1.82) is 5.26 Å². The fourth-order valence-corrected chi connectivity index (χ4v) is 2.97. The second kappa shape index (κ2) is 6.72. The molecule has 0 aliphatic heterocycles. The molecule has 2 nitrogen and oxygen atoms in total. The van der Waals surface area contributed by atoms with Crippen molar-refractivity contribution in [1.82, 2.24) is 5.32 Å². The molecule has 1 heterocycles. The third-order valence-electron chi connectivity index (χ3n) is 3.01. The number of rotatable bonds is 5. The maximum atomic E-state index is 9.26. The lowest BCUT2D eigenvalue weighted by molar-refractivity contribution is 0.565. The average Bonchev–Trinajstić information content (AvgIpc) is 2.87. The molecular formula is C15H15ClN2S. The zero-order valence-corrected chi connectivity index (χ0v) is 12.2. The van der Waals surface area contributed by atoms with E-state index >= 15 is 0 Å². The summed E-state index contributed by atoms with van der Waals surface area (Å²) in [5.41, 5.74) is 1.05. The van der Waals surface area contributed by atoms with Gasteiger partial charge in [0.25, 0.3) is 0 Å². The molecular weight excluding hydrogens is 276 g/mol. The van der Waals surface area contributed by atoms with E-state index in [0.29, 0.717) is 6.54 Å². The van der Waals surface area contributed by atoms with E-state index in [1.807, 2.05) is 42.5 Å². The zero-order chi connectivity index (χ0) is 13.7. The Morgan fingerprint density at radius 3 is 2.58 bits per heavy atom. The fraction of sp³-hybridized carbons (Fsp3) is 0.267. The third-order valence-corrected chi connectivity index (χ3v) is 4.42. The summed E-state index contributed by atoms with van der Waals surface area (Å²) in [7, 11) is 0. The molecule has 2 unspecified atom stereocenters. The normalized spacial score (nSPS) is 13.7. The van der Waals surface area contributed by atoms with Crippen LogP contribution in [0.3, 0.4) is 0 Å². The maximum absolute atomic E-state index is 9.26. The Hall–Kier alpha value is -1.34. The molecule has 0 aliphatic rings. The van der Waals surface area contributed by atoms with Gasteiger partial charge in [-0.2, -0.15) is 5.26 Å². The van der Waals surface area contributed by atoms with Gasteiger partial charge >= 0.3 is 0 Å². The Kier molecular flexibility index (Phi) is 4.98. The molecule has 1 N–H and O–H groups in total. The van der Waals surface area contributed by atoms with Crippen molar-refractivity contribution >= 4 is 22.9 Å². The van der Waals surface area contributed by atoms with Gasteiger partial charge in [0, 0.05) is 17.5 Å². The highest BCUT2D eigenvalue weighted by Crippen LogP contribution is 2.27. The van der Waals surface area contributed by atoms with Crippen LogP contribution < -0.4 is 5.32 Å². The summed E-state index contributed by atoms with van der Waals surface area (Å²) in [5.74, 6) is -0.126. The van der Waals surface area contributed by atoms with Crippen LogP contribution in [0, 0.1) is 11.3 Å². The van der Waals surface area contributed by atoms with Crippen molar-refractivity contribution in [3.63, 3.8) is 0 Å². The summed E-state index contributed by atoms with van der Waals surface area (Å²) in [6, 6.07) is 16.3. The standard InChI is InChI=1S/C15H15ClN2S/c1-11(14-7-8-15(16)19-14)18-10-13(9-17)12-5-3-2-4-6-12/h2-8,11,13,18H,10H2,1H3. The first-order valence-corrected chi connectivity index (χ1v) is 7.33. The van der Waals surface area contributed by atoms with Crippen LogP contribution in [-0.4, -0.2) is 6.54 Å². The minimum absolute atomic E-state index is 0.126. The summed E-state index contributed by atoms with van der Waals surface area (Å²) in [5, 5.41) is 12.6. The summed E-state index contributed by atoms with van der Waals surface area (Å²) in [4.78, 5) is 1.19. The summed E-state index contributed by atoms with van der Waals surface area (Å²) in [6.45, 7) is 2.72. The molecule has 2 atom stereocenters. The first kappa shape index (κ1) is 14.1. The van der Waals surface area contributed by atoms with Gasteiger partial charge in [-0.15, -0.1) is 11.3 Å². The Labute approximate surface area is 122 Å². The molecule has 98 valence electrons. The average molecular weight is 291 g/mol. The van der Waals surface area contributed by atoms with Gasteiger partial charge in [-0.25, -0.2) is 0 Å². The van der Waals surface area contributed by atoms with E-state index < -0.39 is 0 Å². The lowest BCUT2D eigenvalue weighted by atomic mass is 10.0. The molecule has 19 heavy (non-hydrogen) atoms. The van der Waals surface area contributed by atoms with Crippen LogP contribution >= 0.6 is 22.9 Å². The quantitative estimate of drug-likeness (QED) is 0.888. The first-order valence-electron chi connectivity index (χ1n) is 6.14. The number of hydrogen-bond donors (Lipinski definition) is 1. The van der Waals surface area contributed by atoms with Crippen LogP contribution in [0.4, 0.5) is 0 Å². The molecule has 2 aromatic rings. The first-order chi connectivity index (χ1) is 9.20. The van der Waals surface area contributed by atoms with E-state index in [4.69, 9.17) is 11.6 Å². The molecule has 2 rings (SSSR count). The van der Waals surface area contributed by atoms with E-state index in [1.54, 1.807) is 11.3 Å². The summed E-state index contributed by atoms with van der Waals surface area (Å²) >= 11 is 7.50. The highest BCUT2D eigenvalue weighted by Gasteiger charge is 2.13. The van der Waals surface area contributed by atoms with E-state index in [2.05, 4.69) is 18.3 Å². The Balaban J connectivity index is 1.96. The van der Waals surface area contributed by atoms with Gasteiger partial charge in [-0.1, -0.05) is 41.9 Å². The fourth-order valence-electron chi connectivity index (χ4n) is 1.88. The van der Waals surface area contributed by atoms with E-state index in [-0.39, 0.29) is 12.0 Å². The zero-order valence-electron chi connectivity index (χ0n) is 10.6. The molecule has 1 aromatic heterocycles. The number of thiophene rings is 1. The number of nitrogens with one attached hydrogen (secondary N) is 1. The van der Waals surface area contributed by atoms with Crippen molar-refractivity contribution in [2.24, 2.45) is 0 Å². The number of hydrogen-bond acceptors (Lipinski definition) is 3. The Morgan fingerprint density at radius 2 is 2.00 bits per heavy atom. The molecule has 1 aromatic carbocycles. The monoisotopic (exact) mass is 290 g/mol. The van der Waals surface area contributed by atoms with Crippen molar-refractivity contribution < 1.29 is 0 Å². The lowest BCUT2D eigenvalue weighted by Crippen LogP contribution is -2.23. The second-order valence-electron chi connectivity index (χ2n) is 4.36. The second-order valence-corrected chi connectivity index (χ2v) is 6.11. The molecule has 0 fully saturated rings. The predicted octanol–water partition coefficient (Wildman–Crippen LogP) is 4.36. The Bertz CT molecular complexity index is 559. The summed E-state index contributed by atoms with van der Waals surface area (Å²) in [6.07, 6.45) is 0. The molecule has 0 saturated carbocycles. The largest absolute Gasteiger partial charge is 0.308 e. The van der Waals surface area contributed by atoms with Gasteiger partial charge in [0.2, 0.25) is 0 Å². The molecule has 0 bridgehead atoms. The van der Waals surface area contributed by atoms with Crippen molar-refractivity contribution in [3.8, 4) is 6.07 Å². The van der Waals surface area contributed by atoms with Gasteiger partial charge < -0.3 is 5.32 Å². The van der Waals surface area contributed by atoms with Gasteiger partial charge in [0.15, 0.2) is 0 Å². The van der Waals surface area contributed by atoms with Gasteiger partial charge in [0.05, 0.1) is 16.3 Å². The van der Waals surface area contributed by atoms with E-state index in [9.17, 15) is 5.26 Å². The predicted molar refractivity (Wildman–Crippen MR) is 80.5 cm³/mol. The van der Waals surface area contributed by atoms with Crippen LogP contribution in [0.25, 0.3) is 0 Å². The molecule has 4 heteroatoms. The van der Waals surface area contributed by atoms with Crippen LogP contribution in [0.5, 0.6) is 0 Å².